The summed E-state index contributed by atoms with van der Waals surface area (Å²) in [7, 11) is 0. The zero-order chi connectivity index (χ0) is 27.2. The molecule has 1 unspecified atom stereocenters. The van der Waals surface area contributed by atoms with Crippen LogP contribution < -0.4 is 21.3 Å². The Morgan fingerprint density at radius 2 is 1.76 bits per heavy atom. The van der Waals surface area contributed by atoms with Crippen molar-refractivity contribution >= 4 is 47.1 Å². The first-order valence-corrected chi connectivity index (χ1v) is 14.0. The highest BCUT2D eigenvalue weighted by Gasteiger charge is 2.27. The lowest BCUT2D eigenvalue weighted by Gasteiger charge is -2.28. The second-order valence-corrected chi connectivity index (χ2v) is 10.4. The van der Waals surface area contributed by atoms with Crippen molar-refractivity contribution in [2.45, 2.75) is 55.7 Å². The van der Waals surface area contributed by atoms with E-state index in [-0.39, 0.29) is 31.5 Å². The van der Waals surface area contributed by atoms with Crippen molar-refractivity contribution in [2.75, 3.05) is 18.8 Å². The van der Waals surface area contributed by atoms with Gasteiger partial charge in [0.05, 0.1) is 12.5 Å². The maximum atomic E-state index is 13.3. The van der Waals surface area contributed by atoms with Gasteiger partial charge in [-0.1, -0.05) is 48.5 Å². The van der Waals surface area contributed by atoms with Crippen LogP contribution in [0.15, 0.2) is 59.5 Å². The third-order valence-corrected chi connectivity index (χ3v) is 7.34. The van der Waals surface area contributed by atoms with Crippen LogP contribution in [0.25, 0.3) is 0 Å². The summed E-state index contributed by atoms with van der Waals surface area (Å²) < 4.78 is 5.36. The summed E-state index contributed by atoms with van der Waals surface area (Å²) in [6.45, 7) is 0.921. The highest BCUT2D eigenvalue weighted by Crippen LogP contribution is 2.35. The smallest absolute Gasteiger partial charge is 0.408 e. The molecule has 0 fully saturated rings. The number of fused-ring (bicyclic) bond motifs is 1. The maximum Gasteiger partial charge on any atom is 0.408 e. The highest BCUT2D eigenvalue weighted by atomic mass is 32.2. The van der Waals surface area contributed by atoms with E-state index in [0.717, 1.165) is 28.2 Å². The fraction of sp³-hybridized carbons (Fsp3) is 0.407. The van der Waals surface area contributed by atoms with Crippen molar-refractivity contribution < 1.29 is 24.2 Å². The third kappa shape index (κ3) is 10.2. The molecule has 11 heteroatoms. The molecule has 0 aliphatic carbocycles. The molecule has 5 N–H and O–H groups in total. The van der Waals surface area contributed by atoms with E-state index in [1.54, 1.807) is 11.8 Å². The zero-order valence-electron chi connectivity index (χ0n) is 21.1. The average Bonchev–Trinajstić information content (AvgIpc) is 2.91. The number of hydrogen-bond donors (Lipinski definition) is 5. The molecule has 3 rings (SSSR count). The van der Waals surface area contributed by atoms with E-state index in [1.807, 2.05) is 48.5 Å². The van der Waals surface area contributed by atoms with Crippen LogP contribution in [0.2, 0.25) is 0 Å². The van der Waals surface area contributed by atoms with Gasteiger partial charge in [0, 0.05) is 23.7 Å². The van der Waals surface area contributed by atoms with Gasteiger partial charge in [0.2, 0.25) is 5.91 Å². The number of carbonyl (C=O) groups is 3. The lowest BCUT2D eigenvalue weighted by molar-refractivity contribution is -0.136. The molecule has 1 aliphatic rings. The van der Waals surface area contributed by atoms with E-state index in [1.165, 1.54) is 0 Å². The second-order valence-electron chi connectivity index (χ2n) is 8.82. The Kier molecular flexibility index (Phi) is 12.2. The first-order chi connectivity index (χ1) is 18.4. The number of thioether (sulfide) groups is 1. The molecule has 204 valence electrons. The first-order valence-electron chi connectivity index (χ1n) is 12.6. The monoisotopic (exact) mass is 558 g/mol. The van der Waals surface area contributed by atoms with E-state index in [0.29, 0.717) is 30.9 Å². The second kappa shape index (κ2) is 15.8. The Labute approximate surface area is 232 Å². The van der Waals surface area contributed by atoms with Crippen LogP contribution in [-0.4, -0.2) is 53.1 Å². The van der Waals surface area contributed by atoms with E-state index in [4.69, 9.17) is 22.1 Å². The maximum absolute atomic E-state index is 13.3. The summed E-state index contributed by atoms with van der Waals surface area (Å²) in [5.74, 6) is -0.229. The molecule has 2 atom stereocenters. The lowest BCUT2D eigenvalue weighted by atomic mass is 10.0. The summed E-state index contributed by atoms with van der Waals surface area (Å²) in [4.78, 5) is 37.6. The van der Waals surface area contributed by atoms with Crippen LogP contribution in [0, 0.1) is 0 Å². The van der Waals surface area contributed by atoms with Gasteiger partial charge < -0.3 is 31.1 Å². The molecule has 1 heterocycles. The minimum Gasteiger partial charge on any atom is -0.481 e. The predicted molar refractivity (Wildman–Crippen MR) is 151 cm³/mol. The summed E-state index contributed by atoms with van der Waals surface area (Å²) in [5, 5.41) is 20.8. The summed E-state index contributed by atoms with van der Waals surface area (Å²) in [6, 6.07) is 16.5. The average molecular weight is 559 g/mol. The SMILES string of the molecule is O=C(O)CCNC(=S)NCCCC[C@H](NC(=O)OCc1ccccc1)C(=O)NC1CCSc2ccccc21. The van der Waals surface area contributed by atoms with Crippen molar-refractivity contribution in [3.8, 4) is 0 Å². The number of carboxylic acid groups (broad SMARTS) is 1. The van der Waals surface area contributed by atoms with Gasteiger partial charge in [-0.3, -0.25) is 9.59 Å². The number of thiocarbonyl (C=S) groups is 1. The molecule has 0 aromatic heterocycles. The largest absolute Gasteiger partial charge is 0.481 e. The van der Waals surface area contributed by atoms with Gasteiger partial charge in [-0.05, 0) is 55.1 Å². The van der Waals surface area contributed by atoms with Crippen LogP contribution in [0.3, 0.4) is 0 Å². The van der Waals surface area contributed by atoms with E-state index in [9.17, 15) is 14.4 Å². The third-order valence-electron chi connectivity index (χ3n) is 5.93. The topological polar surface area (TPSA) is 129 Å². The van der Waals surface area contributed by atoms with Gasteiger partial charge in [-0.15, -0.1) is 11.8 Å². The highest BCUT2D eigenvalue weighted by molar-refractivity contribution is 7.99. The van der Waals surface area contributed by atoms with Crippen molar-refractivity contribution in [2.24, 2.45) is 0 Å². The van der Waals surface area contributed by atoms with Crippen molar-refractivity contribution in [3.63, 3.8) is 0 Å². The number of carbonyl (C=O) groups excluding carboxylic acids is 2. The molecule has 2 aromatic carbocycles. The molecule has 38 heavy (non-hydrogen) atoms. The van der Waals surface area contributed by atoms with Gasteiger partial charge in [0.15, 0.2) is 5.11 Å². The van der Waals surface area contributed by atoms with Gasteiger partial charge in [0.25, 0.3) is 0 Å². The number of hydrogen-bond acceptors (Lipinski definition) is 6. The number of carboxylic acids is 1. The molecular weight excluding hydrogens is 524 g/mol. The van der Waals surface area contributed by atoms with Crippen LogP contribution in [0.5, 0.6) is 0 Å². The molecule has 0 radical (unpaired) electrons. The normalized spacial score (nSPS) is 14.9. The molecule has 0 saturated carbocycles. The number of amides is 2. The van der Waals surface area contributed by atoms with E-state index >= 15 is 0 Å². The number of nitrogens with one attached hydrogen (secondary N) is 4. The number of unbranched alkanes of at least 4 members (excludes halogenated alkanes) is 1. The van der Waals surface area contributed by atoms with Crippen molar-refractivity contribution in [1.82, 2.24) is 21.3 Å². The summed E-state index contributed by atoms with van der Waals surface area (Å²) >= 11 is 6.92. The summed E-state index contributed by atoms with van der Waals surface area (Å²) in [6.07, 6.45) is 1.93. The Hall–Kier alpha value is -3.31. The lowest BCUT2D eigenvalue weighted by Crippen LogP contribution is -2.48. The van der Waals surface area contributed by atoms with Crippen LogP contribution >= 0.6 is 24.0 Å². The quantitative estimate of drug-likeness (QED) is 0.184. The molecule has 1 aliphatic heterocycles. The minimum absolute atomic E-state index is 0.0190. The molecule has 0 saturated heterocycles. The summed E-state index contributed by atoms with van der Waals surface area (Å²) in [5.41, 5.74) is 1.95. The van der Waals surface area contributed by atoms with E-state index < -0.39 is 18.1 Å². The Morgan fingerprint density at radius 1 is 1.03 bits per heavy atom. The molecule has 9 nitrogen and oxygen atoms in total. The van der Waals surface area contributed by atoms with Gasteiger partial charge in [-0.2, -0.15) is 0 Å². The molecule has 0 spiro atoms. The van der Waals surface area contributed by atoms with Crippen molar-refractivity contribution in [1.29, 1.82) is 0 Å². The number of rotatable bonds is 13. The Balaban J connectivity index is 1.51. The Bertz CT molecular complexity index is 1090. The van der Waals surface area contributed by atoms with Gasteiger partial charge in [0.1, 0.15) is 12.6 Å². The van der Waals surface area contributed by atoms with Crippen molar-refractivity contribution in [3.05, 3.63) is 65.7 Å². The number of alkyl carbamates (subject to hydrolysis) is 1. The number of ether oxygens (including phenoxy) is 1. The molecular formula is C27H34N4O5S2. The molecule has 2 aromatic rings. The van der Waals surface area contributed by atoms with Crippen LogP contribution in [-0.2, 0) is 20.9 Å². The Morgan fingerprint density at radius 3 is 2.55 bits per heavy atom. The minimum atomic E-state index is -0.894. The standard InChI is InChI=1S/C27H34N4O5S2/c32-24(33)13-16-29-26(37)28-15-7-6-11-22(31-27(35)36-18-19-8-2-1-3-9-19)25(34)30-21-14-17-38-23-12-5-4-10-20(21)23/h1-5,8-10,12,21-22H,6-7,11,13-18H2,(H,30,34)(H,31,35)(H,32,33)(H2,28,29,37)/t21?,22-/m0/s1. The van der Waals surface area contributed by atoms with Crippen LogP contribution in [0.1, 0.15) is 49.3 Å². The number of benzene rings is 2. The fourth-order valence-corrected chi connectivity index (χ4v) is 5.29. The number of aliphatic carboxylic acids is 1. The van der Waals surface area contributed by atoms with E-state index in [2.05, 4.69) is 27.3 Å². The van der Waals surface area contributed by atoms with Gasteiger partial charge >= 0.3 is 12.1 Å². The molecule has 2 amide bonds. The van der Waals surface area contributed by atoms with Crippen LogP contribution in [0.4, 0.5) is 4.79 Å². The zero-order valence-corrected chi connectivity index (χ0v) is 22.7. The first kappa shape index (κ1) is 29.2. The fourth-order valence-electron chi connectivity index (χ4n) is 3.96. The molecule has 0 bridgehead atoms. The van der Waals surface area contributed by atoms with Gasteiger partial charge in [-0.25, -0.2) is 4.79 Å². The predicted octanol–water partition coefficient (Wildman–Crippen LogP) is 3.74.